The first kappa shape index (κ1) is 19.9. The lowest BCUT2D eigenvalue weighted by Crippen LogP contribution is -2.37. The molecule has 9 nitrogen and oxygen atoms in total. The number of fused-ring (bicyclic) bond motifs is 1. The van der Waals surface area contributed by atoms with Gasteiger partial charge in [-0.15, -0.1) is 0 Å². The molecule has 0 aliphatic carbocycles. The fraction of sp³-hybridized carbons (Fsp3) is 0.211. The molecule has 1 aliphatic rings. The van der Waals surface area contributed by atoms with Gasteiger partial charge in [0.2, 0.25) is 0 Å². The quantitative estimate of drug-likeness (QED) is 0.319. The summed E-state index contributed by atoms with van der Waals surface area (Å²) in [5.41, 5.74) is 0.618. The first-order valence-electron chi connectivity index (χ1n) is 8.77. The van der Waals surface area contributed by atoms with Crippen molar-refractivity contribution >= 4 is 23.5 Å². The number of hydrogen-bond acceptors (Lipinski definition) is 5. The summed E-state index contributed by atoms with van der Waals surface area (Å²) in [6, 6.07) is 8.82. The highest BCUT2D eigenvalue weighted by Crippen LogP contribution is 2.26. The maximum Gasteiger partial charge on any atom is 0.315 e. The minimum absolute atomic E-state index is 0.00852. The second-order valence-electron chi connectivity index (χ2n) is 6.34. The summed E-state index contributed by atoms with van der Waals surface area (Å²) in [7, 11) is 0. The van der Waals surface area contributed by atoms with Crippen molar-refractivity contribution in [2.75, 3.05) is 13.1 Å². The fourth-order valence-electron chi connectivity index (χ4n) is 2.88. The van der Waals surface area contributed by atoms with E-state index in [1.165, 1.54) is 24.3 Å². The SMILES string of the molecule is O=C(NCCCN1C(=O)c2ccc([N+](=O)[O-])cc2C1=O)NCc1ccc(F)cc1. The van der Waals surface area contributed by atoms with Crippen LogP contribution in [-0.2, 0) is 6.54 Å². The topological polar surface area (TPSA) is 122 Å². The molecule has 2 N–H and O–H groups in total. The van der Waals surface area contributed by atoms with Gasteiger partial charge in [0, 0.05) is 31.8 Å². The van der Waals surface area contributed by atoms with Crippen LogP contribution in [0.3, 0.4) is 0 Å². The molecule has 0 saturated carbocycles. The van der Waals surface area contributed by atoms with Crippen molar-refractivity contribution in [3.63, 3.8) is 0 Å². The zero-order valence-electron chi connectivity index (χ0n) is 15.2. The van der Waals surface area contributed by atoms with Gasteiger partial charge in [0.1, 0.15) is 5.82 Å². The van der Waals surface area contributed by atoms with Crippen molar-refractivity contribution < 1.29 is 23.7 Å². The number of rotatable bonds is 7. The van der Waals surface area contributed by atoms with Gasteiger partial charge in [0.05, 0.1) is 16.1 Å². The summed E-state index contributed by atoms with van der Waals surface area (Å²) < 4.78 is 12.8. The normalized spacial score (nSPS) is 12.7. The van der Waals surface area contributed by atoms with Gasteiger partial charge in [-0.3, -0.25) is 24.6 Å². The zero-order valence-corrected chi connectivity index (χ0v) is 15.2. The average molecular weight is 400 g/mol. The van der Waals surface area contributed by atoms with Crippen molar-refractivity contribution in [2.24, 2.45) is 0 Å². The maximum absolute atomic E-state index is 12.8. The minimum atomic E-state index is -0.630. The van der Waals surface area contributed by atoms with E-state index < -0.39 is 22.8 Å². The molecule has 1 heterocycles. The summed E-state index contributed by atoms with van der Waals surface area (Å²) in [5.74, 6) is -1.46. The summed E-state index contributed by atoms with van der Waals surface area (Å²) in [6.07, 6.45) is 0.317. The van der Waals surface area contributed by atoms with Crippen LogP contribution in [0.15, 0.2) is 42.5 Å². The number of benzene rings is 2. The molecule has 2 aromatic rings. The third-order valence-corrected chi connectivity index (χ3v) is 4.38. The number of imide groups is 1. The number of halogens is 1. The lowest BCUT2D eigenvalue weighted by atomic mass is 10.1. The van der Waals surface area contributed by atoms with Gasteiger partial charge in [0.15, 0.2) is 0 Å². The highest BCUT2D eigenvalue weighted by Gasteiger charge is 2.36. The summed E-state index contributed by atoms with van der Waals surface area (Å²) >= 11 is 0. The van der Waals surface area contributed by atoms with Crippen LogP contribution in [0, 0.1) is 15.9 Å². The Morgan fingerprint density at radius 2 is 1.72 bits per heavy atom. The van der Waals surface area contributed by atoms with Crippen molar-refractivity contribution in [2.45, 2.75) is 13.0 Å². The summed E-state index contributed by atoms with van der Waals surface area (Å²) in [4.78, 5) is 47.7. The Bertz CT molecular complexity index is 977. The Balaban J connectivity index is 1.45. The maximum atomic E-state index is 12.8. The van der Waals surface area contributed by atoms with Crippen LogP contribution in [0.5, 0.6) is 0 Å². The third-order valence-electron chi connectivity index (χ3n) is 4.38. The molecule has 0 fully saturated rings. The van der Waals surface area contributed by atoms with Gasteiger partial charge in [-0.1, -0.05) is 12.1 Å². The molecule has 29 heavy (non-hydrogen) atoms. The molecule has 0 spiro atoms. The van der Waals surface area contributed by atoms with E-state index in [9.17, 15) is 28.9 Å². The molecular formula is C19H17FN4O5. The Kier molecular flexibility index (Phi) is 5.82. The predicted octanol–water partition coefficient (Wildman–Crippen LogP) is 2.22. The predicted molar refractivity (Wildman–Crippen MR) is 99.7 cm³/mol. The monoisotopic (exact) mass is 400 g/mol. The largest absolute Gasteiger partial charge is 0.338 e. The van der Waals surface area contributed by atoms with E-state index in [4.69, 9.17) is 0 Å². The van der Waals surface area contributed by atoms with E-state index in [0.29, 0.717) is 6.42 Å². The van der Waals surface area contributed by atoms with E-state index in [1.54, 1.807) is 12.1 Å². The Morgan fingerprint density at radius 1 is 1.03 bits per heavy atom. The molecular weight excluding hydrogens is 383 g/mol. The number of nitrogens with zero attached hydrogens (tertiary/aromatic N) is 2. The van der Waals surface area contributed by atoms with Crippen molar-refractivity contribution in [1.29, 1.82) is 0 Å². The number of non-ortho nitro benzene ring substituents is 1. The van der Waals surface area contributed by atoms with E-state index in [2.05, 4.69) is 10.6 Å². The van der Waals surface area contributed by atoms with Crippen LogP contribution in [-0.4, -0.2) is 40.8 Å². The second kappa shape index (κ2) is 8.46. The number of carbonyl (C=O) groups excluding carboxylic acids is 3. The number of carbonyl (C=O) groups is 3. The second-order valence-corrected chi connectivity index (χ2v) is 6.34. The van der Waals surface area contributed by atoms with Gasteiger partial charge in [0.25, 0.3) is 17.5 Å². The lowest BCUT2D eigenvalue weighted by molar-refractivity contribution is -0.384. The van der Waals surface area contributed by atoms with Crippen molar-refractivity contribution in [3.05, 3.63) is 75.1 Å². The molecule has 0 atom stereocenters. The molecule has 0 aromatic heterocycles. The highest BCUT2D eigenvalue weighted by atomic mass is 19.1. The van der Waals surface area contributed by atoms with Gasteiger partial charge < -0.3 is 10.6 Å². The van der Waals surface area contributed by atoms with E-state index in [0.717, 1.165) is 16.5 Å². The van der Waals surface area contributed by atoms with Crippen LogP contribution in [0.2, 0.25) is 0 Å². The van der Waals surface area contributed by atoms with Crippen LogP contribution in [0.25, 0.3) is 0 Å². The Hall–Kier alpha value is -3.82. The number of nitro groups is 1. The third kappa shape index (κ3) is 4.54. The summed E-state index contributed by atoms with van der Waals surface area (Å²) in [6.45, 7) is 0.504. The molecule has 10 heteroatoms. The van der Waals surface area contributed by atoms with E-state index in [1.807, 2.05) is 0 Å². The Labute approximate surface area is 164 Å². The fourth-order valence-corrected chi connectivity index (χ4v) is 2.88. The summed E-state index contributed by atoms with van der Waals surface area (Å²) in [5, 5.41) is 16.0. The molecule has 150 valence electrons. The van der Waals surface area contributed by atoms with Gasteiger partial charge >= 0.3 is 6.03 Å². The standard InChI is InChI=1S/C19H17FN4O5/c20-13-4-2-12(3-5-13)11-22-19(27)21-8-1-9-23-17(25)15-7-6-14(24(28)29)10-16(15)18(23)26/h2-7,10H,1,8-9,11H2,(H2,21,22,27). The molecule has 2 aromatic carbocycles. The number of urea groups is 1. The van der Waals surface area contributed by atoms with Gasteiger partial charge in [-0.25, -0.2) is 9.18 Å². The highest BCUT2D eigenvalue weighted by molar-refractivity contribution is 6.21. The lowest BCUT2D eigenvalue weighted by Gasteiger charge is -2.14. The van der Waals surface area contributed by atoms with Crippen LogP contribution in [0.4, 0.5) is 14.9 Å². The average Bonchev–Trinajstić information content (AvgIpc) is 2.94. The molecule has 0 unspecified atom stereocenters. The smallest absolute Gasteiger partial charge is 0.315 e. The van der Waals surface area contributed by atoms with E-state index in [-0.39, 0.29) is 42.3 Å². The first-order chi connectivity index (χ1) is 13.9. The molecule has 3 rings (SSSR count). The number of amides is 4. The molecule has 0 saturated heterocycles. The number of hydrogen-bond donors (Lipinski definition) is 2. The molecule has 1 aliphatic heterocycles. The number of nitro benzene ring substituents is 1. The van der Waals surface area contributed by atoms with Gasteiger partial charge in [-0.05, 0) is 30.2 Å². The molecule has 0 radical (unpaired) electrons. The Morgan fingerprint density at radius 3 is 2.41 bits per heavy atom. The first-order valence-corrected chi connectivity index (χ1v) is 8.77. The van der Waals surface area contributed by atoms with Crippen molar-refractivity contribution in [1.82, 2.24) is 15.5 Å². The number of nitrogens with one attached hydrogen (secondary N) is 2. The van der Waals surface area contributed by atoms with E-state index >= 15 is 0 Å². The molecule has 0 bridgehead atoms. The van der Waals surface area contributed by atoms with Crippen LogP contribution >= 0.6 is 0 Å². The van der Waals surface area contributed by atoms with Crippen LogP contribution in [0.1, 0.15) is 32.7 Å². The minimum Gasteiger partial charge on any atom is -0.338 e. The van der Waals surface area contributed by atoms with Crippen LogP contribution < -0.4 is 10.6 Å². The van der Waals surface area contributed by atoms with Gasteiger partial charge in [-0.2, -0.15) is 0 Å². The molecule has 4 amide bonds. The van der Waals surface area contributed by atoms with Crippen molar-refractivity contribution in [3.8, 4) is 0 Å². The zero-order chi connectivity index (χ0) is 21.0.